The molecule has 5 nitrogen and oxygen atoms in total. The average molecular weight is 436 g/mol. The van der Waals surface area contributed by atoms with Gasteiger partial charge < -0.3 is 4.74 Å². The van der Waals surface area contributed by atoms with Gasteiger partial charge >= 0.3 is 72.9 Å². The van der Waals surface area contributed by atoms with E-state index in [1.54, 1.807) is 13.3 Å². The zero-order valence-electron chi connectivity index (χ0n) is 12.3. The van der Waals surface area contributed by atoms with Crippen LogP contribution in [0.5, 0.6) is 0 Å². The topological polar surface area (TPSA) is 86.0 Å². The third-order valence-electron chi connectivity index (χ3n) is 1.42. The molecule has 1 rings (SSSR count). The first-order valence-corrected chi connectivity index (χ1v) is 7.36. The van der Waals surface area contributed by atoms with Crippen LogP contribution in [0.3, 0.4) is 0 Å². The number of hydrogen-bond donors (Lipinski definition) is 0. The Morgan fingerprint density at radius 1 is 1.12 bits per heavy atom. The molecule has 25 heavy (non-hydrogen) atoms. The van der Waals surface area contributed by atoms with Crippen LogP contribution in [0.4, 0.5) is 25.2 Å². The molecule has 0 aromatic rings. The summed E-state index contributed by atoms with van der Waals surface area (Å²) in [5.41, 5.74) is 0. The Balaban J connectivity index is -0.0000000833. The first-order chi connectivity index (χ1) is 10.8. The Morgan fingerprint density at radius 2 is 1.48 bits per heavy atom. The van der Waals surface area contributed by atoms with Crippen molar-refractivity contribution in [3.05, 3.63) is 51.6 Å². The number of carbonyl (C=O) groups excluding carboxylic acids is 1. The van der Waals surface area contributed by atoms with E-state index in [-0.39, 0.29) is 23.0 Å². The van der Waals surface area contributed by atoms with Crippen LogP contribution >= 0.6 is 7.81 Å². The number of halogens is 6. The Labute approximate surface area is 151 Å². The van der Waals surface area contributed by atoms with Crippen molar-refractivity contribution in [2.45, 2.75) is 13.3 Å². The minimum Gasteiger partial charge on any atom is 0 e. The van der Waals surface area contributed by atoms with Crippen molar-refractivity contribution in [2.24, 2.45) is 0 Å². The van der Waals surface area contributed by atoms with Gasteiger partial charge in [-0.3, -0.25) is 4.79 Å². The van der Waals surface area contributed by atoms with Gasteiger partial charge in [0.25, 0.3) is 0 Å². The average Bonchev–Trinajstić information content (AvgIpc) is 2.51. The van der Waals surface area contributed by atoms with E-state index in [9.17, 15) is 30.0 Å². The van der Waals surface area contributed by atoms with Crippen LogP contribution in [0, 0.1) is 51.6 Å². The van der Waals surface area contributed by atoms with Gasteiger partial charge in [0, 0.05) is 23.5 Å². The van der Waals surface area contributed by atoms with Crippen molar-refractivity contribution in [1.29, 1.82) is 0 Å². The van der Waals surface area contributed by atoms with Gasteiger partial charge in [0.05, 0.1) is 13.0 Å². The summed E-state index contributed by atoms with van der Waals surface area (Å²) in [4.78, 5) is 11.1. The summed E-state index contributed by atoms with van der Waals surface area (Å²) in [7, 11) is -10.7. The van der Waals surface area contributed by atoms with Crippen LogP contribution in [0.1, 0.15) is 13.3 Å². The Bertz CT molecular complexity index is 375. The van der Waals surface area contributed by atoms with E-state index in [0.29, 0.717) is 13.0 Å². The third-order valence-corrected chi connectivity index (χ3v) is 1.42. The molecule has 1 aliphatic rings. The van der Waals surface area contributed by atoms with E-state index >= 15 is 0 Å². The molecule has 0 bridgehead atoms. The van der Waals surface area contributed by atoms with E-state index in [1.807, 2.05) is 19.3 Å². The number of hydrogen-bond acceptors (Lipinski definition) is 2. The predicted molar refractivity (Wildman–Crippen MR) is 67.0 cm³/mol. The number of esters is 1. The van der Waals surface area contributed by atoms with E-state index in [2.05, 4.69) is 20.0 Å². The van der Waals surface area contributed by atoms with Gasteiger partial charge in [-0.1, -0.05) is 0 Å². The van der Waals surface area contributed by atoms with Gasteiger partial charge in [0.15, 0.2) is 0 Å². The molecule has 13 heteroatoms. The maximum Gasteiger partial charge on any atom is 0 e. The van der Waals surface area contributed by atoms with Crippen molar-refractivity contribution in [3.8, 4) is 0 Å². The van der Waals surface area contributed by atoms with Gasteiger partial charge in [-0.2, -0.15) is 0 Å². The molecule has 1 aliphatic carbocycles. The first-order valence-electron chi connectivity index (χ1n) is 5.33. The fourth-order valence-corrected chi connectivity index (χ4v) is 0.888. The molecule has 4 radical (unpaired) electrons. The molecular weight excluding hydrogens is 425 g/mol. The van der Waals surface area contributed by atoms with Crippen molar-refractivity contribution < 1.29 is 65.7 Å². The van der Waals surface area contributed by atoms with Crippen LogP contribution in [0.2, 0.25) is 0 Å². The van der Waals surface area contributed by atoms with Crippen LogP contribution in [-0.4, -0.2) is 12.6 Å². The maximum absolute atomic E-state index is 11.1. The third kappa shape index (κ3) is 51.7. The number of rotatable bonds is 2. The monoisotopic (exact) mass is 436 g/mol. The van der Waals surface area contributed by atoms with E-state index < -0.39 is 7.81 Å². The van der Waals surface area contributed by atoms with E-state index in [0.717, 1.165) is 5.92 Å². The zero-order chi connectivity index (χ0) is 20.5. The smallest absolute Gasteiger partial charge is 0 e. The number of ether oxygens (including phenoxy) is 1. The van der Waals surface area contributed by atoms with E-state index in [4.69, 9.17) is 18.7 Å². The molecule has 0 heterocycles. The standard InChI is InChI=1S/C9H11O2.3CO.F6P.Fe/c1-2-11-9(10)8-6-4-3-5-7-8;3*1-2;1-7(2,3,4,5)6;/h3-6H,2,7H2,1H3;;;;;/q+1;;;;-1;. The second-order valence-electron chi connectivity index (χ2n) is 3.20. The molecule has 0 unspecified atom stereocenters. The van der Waals surface area contributed by atoms with Crippen molar-refractivity contribution in [1.82, 2.24) is 0 Å². The molecule has 0 N–H and O–H groups in total. The molecule has 0 aromatic carbocycles. The fraction of sp³-hybridized carbons (Fsp3) is 0.250. The van der Waals surface area contributed by atoms with Gasteiger partial charge in [-0.25, -0.2) is 0 Å². The predicted octanol–water partition coefficient (Wildman–Crippen LogP) is 4.61. The van der Waals surface area contributed by atoms with Crippen molar-refractivity contribution >= 4 is 13.8 Å². The Morgan fingerprint density at radius 3 is 1.72 bits per heavy atom. The molecule has 0 spiro atoms. The molecule has 0 amide bonds. The fourth-order valence-electron chi connectivity index (χ4n) is 0.888. The van der Waals surface area contributed by atoms with Crippen LogP contribution < -0.4 is 0 Å². The van der Waals surface area contributed by atoms with Gasteiger partial charge in [-0.05, 0) is 13.3 Å². The number of carbonyl (C=O) groups is 1. The van der Waals surface area contributed by atoms with E-state index in [1.165, 1.54) is 0 Å². The molecule has 0 saturated heterocycles. The largest absolute Gasteiger partial charge is 0 e. The minimum absolute atomic E-state index is 0. The minimum atomic E-state index is -10.7. The summed E-state index contributed by atoms with van der Waals surface area (Å²) < 4.78 is 86.5. The second-order valence-corrected chi connectivity index (χ2v) is 5.11. The second kappa shape index (κ2) is 15.4. The summed E-state index contributed by atoms with van der Waals surface area (Å²) in [5.74, 6) is 0.530. The summed E-state index contributed by atoms with van der Waals surface area (Å²) in [6.45, 7) is 15.8. The molecule has 0 aromatic heterocycles. The SMILES string of the molecule is CCOC(=O)[C]1[CH][CH][CH][CH+]C1.F[P-](F)(F)(F)(F)F.[C-]#[O+].[C-]#[O+].[C-]#[O+].[Fe]. The van der Waals surface area contributed by atoms with Crippen LogP contribution in [0.25, 0.3) is 0 Å². The van der Waals surface area contributed by atoms with Gasteiger partial charge in [0.1, 0.15) is 18.8 Å². The van der Waals surface area contributed by atoms with Gasteiger partial charge in [-0.15, -0.1) is 0 Å². The molecule has 0 atom stereocenters. The van der Waals surface area contributed by atoms with Crippen LogP contribution in [-0.2, 0) is 40.6 Å². The summed E-state index contributed by atoms with van der Waals surface area (Å²) in [6.07, 6.45) is 8.18. The molecular formula is C12H11F6FeO5P. The Kier molecular flexibility index (Phi) is 21.6. The maximum atomic E-state index is 11.1. The normalized spacial score (nSPS) is 15.1. The van der Waals surface area contributed by atoms with Crippen molar-refractivity contribution in [2.75, 3.05) is 6.61 Å². The first kappa shape index (κ1) is 35.2. The molecule has 1 fully saturated rings. The van der Waals surface area contributed by atoms with Crippen LogP contribution in [0.15, 0.2) is 0 Å². The zero-order valence-corrected chi connectivity index (χ0v) is 14.3. The molecule has 144 valence electrons. The quantitative estimate of drug-likeness (QED) is 0.158. The summed E-state index contributed by atoms with van der Waals surface area (Å²) in [6, 6.07) is 0. The van der Waals surface area contributed by atoms with Gasteiger partial charge in [0.2, 0.25) is 0 Å². The molecule has 1 saturated carbocycles. The summed E-state index contributed by atoms with van der Waals surface area (Å²) in [5, 5.41) is 0. The molecule has 0 aliphatic heterocycles. The summed E-state index contributed by atoms with van der Waals surface area (Å²) >= 11 is 0. The van der Waals surface area contributed by atoms with Crippen molar-refractivity contribution in [3.63, 3.8) is 0 Å². The Hall–Kier alpha value is -0.911.